The molecule has 3 heterocycles. The van der Waals surface area contributed by atoms with Crippen molar-refractivity contribution in [2.75, 3.05) is 18.4 Å². The smallest absolute Gasteiger partial charge is 0.410 e. The van der Waals surface area contributed by atoms with Gasteiger partial charge in [-0.05, 0) is 45.7 Å². The molecule has 1 saturated heterocycles. The van der Waals surface area contributed by atoms with Crippen molar-refractivity contribution >= 4 is 17.6 Å². The molecule has 0 saturated carbocycles. The van der Waals surface area contributed by atoms with E-state index >= 15 is 0 Å². The van der Waals surface area contributed by atoms with Gasteiger partial charge in [-0.15, -0.1) is 0 Å². The zero-order valence-corrected chi connectivity index (χ0v) is 17.9. The number of carbonyl (C=O) groups is 1. The van der Waals surface area contributed by atoms with Crippen molar-refractivity contribution in [2.24, 2.45) is 0 Å². The maximum atomic E-state index is 14.4. The van der Waals surface area contributed by atoms with Crippen LogP contribution in [-0.2, 0) is 4.74 Å². The zero-order valence-electron chi connectivity index (χ0n) is 17.9. The Bertz CT molecular complexity index is 1140. The van der Waals surface area contributed by atoms with Crippen LogP contribution in [0.1, 0.15) is 32.8 Å². The molecule has 3 aromatic rings. The molecule has 1 aromatic carbocycles. The van der Waals surface area contributed by atoms with E-state index in [1.165, 1.54) is 12.3 Å². The predicted octanol–water partition coefficient (Wildman–Crippen LogP) is 4.40. The minimum absolute atomic E-state index is 0.0174. The van der Waals surface area contributed by atoms with E-state index < -0.39 is 17.2 Å². The van der Waals surface area contributed by atoms with Gasteiger partial charge in [0.05, 0.1) is 11.9 Å². The molecule has 1 N–H and O–H groups in total. The summed E-state index contributed by atoms with van der Waals surface area (Å²) >= 11 is 0. The number of anilines is 1. The Kier molecular flexibility index (Phi) is 5.28. The minimum atomic E-state index is -0.663. The number of halogens is 2. The van der Waals surface area contributed by atoms with Gasteiger partial charge < -0.3 is 15.0 Å². The maximum absolute atomic E-state index is 14.4. The van der Waals surface area contributed by atoms with Crippen molar-refractivity contribution in [1.29, 1.82) is 0 Å². The summed E-state index contributed by atoms with van der Waals surface area (Å²) < 4.78 is 35.3. The van der Waals surface area contributed by atoms with Crippen LogP contribution >= 0.6 is 0 Å². The van der Waals surface area contributed by atoms with Crippen molar-refractivity contribution < 1.29 is 18.3 Å². The number of imidazole rings is 1. The Morgan fingerprint density at radius 1 is 1.23 bits per heavy atom. The number of fused-ring (bicyclic) bond motifs is 1. The number of amides is 1. The Labute approximate surface area is 179 Å². The van der Waals surface area contributed by atoms with Gasteiger partial charge in [-0.1, -0.05) is 0 Å². The number of likely N-dealkylation sites (tertiary alicyclic amines) is 1. The number of hydrogen-bond acceptors (Lipinski definition) is 5. The van der Waals surface area contributed by atoms with Gasteiger partial charge in [0, 0.05) is 43.2 Å². The summed E-state index contributed by atoms with van der Waals surface area (Å²) in [5, 5.41) is 3.33. The molecule has 0 aliphatic carbocycles. The predicted molar refractivity (Wildman–Crippen MR) is 113 cm³/mol. The standard InChI is InChI=1S/C22H25F2N5O2/c1-13-9-15(17(24)10-16(13)23)18-11-26-19(20-25-6-8-29(18)20)27-14-5-7-28(12-14)21(30)31-22(2,3)4/h6,8-11,14H,5,7,12H2,1-4H3,(H,26,27)/t14-/m1/s1. The highest BCUT2D eigenvalue weighted by atomic mass is 19.1. The second-order valence-electron chi connectivity index (χ2n) is 8.75. The number of carbonyl (C=O) groups excluding carboxylic acids is 1. The van der Waals surface area contributed by atoms with E-state index in [4.69, 9.17) is 4.74 Å². The van der Waals surface area contributed by atoms with Crippen molar-refractivity contribution in [1.82, 2.24) is 19.3 Å². The molecule has 1 fully saturated rings. The van der Waals surface area contributed by atoms with Gasteiger partial charge in [-0.3, -0.25) is 4.40 Å². The molecule has 164 valence electrons. The largest absolute Gasteiger partial charge is 0.444 e. The quantitative estimate of drug-likeness (QED) is 0.668. The number of rotatable bonds is 3. The van der Waals surface area contributed by atoms with Gasteiger partial charge in [-0.25, -0.2) is 23.5 Å². The lowest BCUT2D eigenvalue weighted by Crippen LogP contribution is -2.36. The molecule has 1 amide bonds. The van der Waals surface area contributed by atoms with E-state index in [1.54, 1.807) is 28.6 Å². The molecular weight excluding hydrogens is 404 g/mol. The average molecular weight is 429 g/mol. The second-order valence-corrected chi connectivity index (χ2v) is 8.75. The number of hydrogen-bond donors (Lipinski definition) is 1. The number of aryl methyl sites for hydroxylation is 1. The lowest BCUT2D eigenvalue weighted by molar-refractivity contribution is 0.0293. The summed E-state index contributed by atoms with van der Waals surface area (Å²) in [7, 11) is 0. The van der Waals surface area contributed by atoms with Gasteiger partial charge >= 0.3 is 6.09 Å². The molecule has 7 nitrogen and oxygen atoms in total. The first-order valence-corrected chi connectivity index (χ1v) is 10.1. The van der Waals surface area contributed by atoms with Crippen molar-refractivity contribution in [3.63, 3.8) is 0 Å². The molecule has 0 spiro atoms. The molecule has 0 bridgehead atoms. The third-order valence-electron chi connectivity index (χ3n) is 5.13. The van der Waals surface area contributed by atoms with Crippen LogP contribution in [0.25, 0.3) is 16.9 Å². The van der Waals surface area contributed by atoms with E-state index in [0.29, 0.717) is 35.8 Å². The summed E-state index contributed by atoms with van der Waals surface area (Å²) in [6, 6.07) is 2.32. The van der Waals surface area contributed by atoms with E-state index in [1.807, 2.05) is 20.8 Å². The lowest BCUT2D eigenvalue weighted by Gasteiger charge is -2.24. The number of benzene rings is 1. The summed E-state index contributed by atoms with van der Waals surface area (Å²) in [6.07, 6.45) is 5.24. The topological polar surface area (TPSA) is 71.8 Å². The fourth-order valence-electron chi connectivity index (χ4n) is 3.64. The zero-order chi connectivity index (χ0) is 22.3. The van der Waals surface area contributed by atoms with E-state index in [-0.39, 0.29) is 17.7 Å². The van der Waals surface area contributed by atoms with Gasteiger partial charge in [-0.2, -0.15) is 0 Å². The van der Waals surface area contributed by atoms with Crippen LogP contribution in [0.4, 0.5) is 19.4 Å². The molecule has 1 aliphatic rings. The first kappa shape index (κ1) is 21.0. The van der Waals surface area contributed by atoms with Crippen LogP contribution in [0.15, 0.2) is 30.7 Å². The van der Waals surface area contributed by atoms with Crippen LogP contribution in [0, 0.1) is 18.6 Å². The molecule has 0 radical (unpaired) electrons. The highest BCUT2D eigenvalue weighted by Crippen LogP contribution is 2.28. The average Bonchev–Trinajstić information content (AvgIpc) is 3.34. The SMILES string of the molecule is Cc1cc(-c2cnc(N[C@@H]3CCN(C(=O)OC(C)(C)C)C3)c3nccn23)c(F)cc1F. The van der Waals surface area contributed by atoms with E-state index in [9.17, 15) is 13.6 Å². The molecule has 1 aliphatic heterocycles. The van der Waals surface area contributed by atoms with E-state index in [2.05, 4.69) is 15.3 Å². The number of nitrogens with one attached hydrogen (secondary N) is 1. The van der Waals surface area contributed by atoms with Crippen molar-refractivity contribution in [3.05, 3.63) is 47.9 Å². The number of nitrogens with zero attached hydrogens (tertiary/aromatic N) is 4. The second kappa shape index (κ2) is 7.79. The fraction of sp³-hybridized carbons (Fsp3) is 0.409. The molecule has 1 atom stereocenters. The summed E-state index contributed by atoms with van der Waals surface area (Å²) in [6.45, 7) is 8.16. The minimum Gasteiger partial charge on any atom is -0.444 e. The van der Waals surface area contributed by atoms with Crippen molar-refractivity contribution in [2.45, 2.75) is 45.8 Å². The Hall–Kier alpha value is -3.23. The van der Waals surface area contributed by atoms with Gasteiger partial charge in [0.25, 0.3) is 0 Å². The van der Waals surface area contributed by atoms with Crippen LogP contribution in [0.2, 0.25) is 0 Å². The summed E-state index contributed by atoms with van der Waals surface area (Å²) in [4.78, 5) is 22.8. The monoisotopic (exact) mass is 429 g/mol. The summed E-state index contributed by atoms with van der Waals surface area (Å²) in [5.74, 6) is -0.724. The van der Waals surface area contributed by atoms with Crippen molar-refractivity contribution in [3.8, 4) is 11.3 Å². The van der Waals surface area contributed by atoms with Gasteiger partial charge in [0.15, 0.2) is 11.5 Å². The third kappa shape index (κ3) is 4.30. The molecule has 2 aromatic heterocycles. The van der Waals surface area contributed by atoms with Crippen LogP contribution in [0.5, 0.6) is 0 Å². The Balaban J connectivity index is 1.56. The third-order valence-corrected chi connectivity index (χ3v) is 5.13. The highest BCUT2D eigenvalue weighted by Gasteiger charge is 2.30. The first-order valence-electron chi connectivity index (χ1n) is 10.1. The van der Waals surface area contributed by atoms with Gasteiger partial charge in [0.2, 0.25) is 0 Å². The van der Waals surface area contributed by atoms with E-state index in [0.717, 1.165) is 12.5 Å². The molecule has 31 heavy (non-hydrogen) atoms. The molecule has 9 heteroatoms. The Morgan fingerprint density at radius 2 is 2.00 bits per heavy atom. The first-order chi connectivity index (χ1) is 14.6. The normalized spacial score (nSPS) is 16.7. The number of aromatic nitrogens is 3. The molecule has 4 rings (SSSR count). The van der Waals surface area contributed by atoms with Crippen LogP contribution < -0.4 is 5.32 Å². The highest BCUT2D eigenvalue weighted by molar-refractivity contribution is 5.72. The lowest BCUT2D eigenvalue weighted by atomic mass is 10.1. The van der Waals surface area contributed by atoms with Crippen LogP contribution in [-0.4, -0.2) is 50.1 Å². The molecular formula is C22H25F2N5O2. The molecule has 0 unspecified atom stereocenters. The van der Waals surface area contributed by atoms with Crippen LogP contribution in [0.3, 0.4) is 0 Å². The maximum Gasteiger partial charge on any atom is 0.410 e. The number of ether oxygens (including phenoxy) is 1. The summed E-state index contributed by atoms with van der Waals surface area (Å²) in [5.41, 5.74) is 1.05. The Morgan fingerprint density at radius 3 is 2.74 bits per heavy atom. The fourth-order valence-corrected chi connectivity index (χ4v) is 3.64. The van der Waals surface area contributed by atoms with Gasteiger partial charge in [0.1, 0.15) is 17.2 Å².